The summed E-state index contributed by atoms with van der Waals surface area (Å²) in [6.45, 7) is 5.12. The van der Waals surface area contributed by atoms with Crippen molar-refractivity contribution in [3.63, 3.8) is 0 Å². The number of piperidine rings is 1. The Morgan fingerprint density at radius 1 is 1.40 bits per heavy atom. The molecule has 0 bridgehead atoms. The van der Waals surface area contributed by atoms with Crippen molar-refractivity contribution >= 4 is 11.8 Å². The molecule has 1 aliphatic rings. The topological polar surface area (TPSA) is 65.7 Å². The van der Waals surface area contributed by atoms with Crippen LogP contribution in [-0.2, 0) is 9.47 Å². The minimum atomic E-state index is -0.488. The number of thioether (sulfide) groups is 1. The second-order valence-electron chi connectivity index (χ2n) is 5.36. The van der Waals surface area contributed by atoms with E-state index in [9.17, 15) is 10.4 Å². The third-order valence-corrected chi connectivity index (χ3v) is 4.98. The molecule has 1 aliphatic heterocycles. The van der Waals surface area contributed by atoms with Gasteiger partial charge in [-0.15, -0.1) is 11.8 Å². The van der Waals surface area contributed by atoms with Crippen molar-refractivity contribution in [3.05, 3.63) is 0 Å². The Bertz CT molecular complexity index is 314. The second-order valence-corrected chi connectivity index (χ2v) is 6.55. The average Bonchev–Trinajstić information content (AvgIpc) is 2.47. The fraction of sp³-hybridized carbons (Fsp3) is 0.929. The molecular weight excluding hydrogens is 276 g/mol. The molecule has 0 saturated carbocycles. The number of likely N-dealkylation sites (tertiary alicyclic amines) is 1. The number of nitriles is 1. The summed E-state index contributed by atoms with van der Waals surface area (Å²) in [5.74, 6) is 0. The van der Waals surface area contributed by atoms with Crippen LogP contribution in [0.4, 0.5) is 0 Å². The smallest absolute Gasteiger partial charge is 0.104 e. The summed E-state index contributed by atoms with van der Waals surface area (Å²) in [5.41, 5.74) is 0. The number of aliphatic hydroxyl groups is 1. The Balaban J connectivity index is 2.24. The molecule has 116 valence electrons. The largest absolute Gasteiger partial charge is 0.389 e. The molecule has 1 heterocycles. The van der Waals surface area contributed by atoms with E-state index in [2.05, 4.69) is 11.0 Å². The molecular formula is C14H26N2O3S. The van der Waals surface area contributed by atoms with Crippen LogP contribution in [0, 0.1) is 11.3 Å². The molecule has 1 N–H and O–H groups in total. The zero-order valence-corrected chi connectivity index (χ0v) is 13.5. The van der Waals surface area contributed by atoms with Crippen molar-refractivity contribution in [1.29, 1.82) is 5.26 Å². The molecule has 20 heavy (non-hydrogen) atoms. The first-order valence-electron chi connectivity index (χ1n) is 7.02. The summed E-state index contributed by atoms with van der Waals surface area (Å²) >= 11 is 1.64. The van der Waals surface area contributed by atoms with Gasteiger partial charge in [0.05, 0.1) is 31.5 Å². The first-order chi connectivity index (χ1) is 9.55. The van der Waals surface area contributed by atoms with Gasteiger partial charge >= 0.3 is 0 Å². The zero-order chi connectivity index (χ0) is 15.0. The van der Waals surface area contributed by atoms with Crippen LogP contribution < -0.4 is 0 Å². The van der Waals surface area contributed by atoms with Crippen LogP contribution in [0.25, 0.3) is 0 Å². The molecule has 2 unspecified atom stereocenters. The fourth-order valence-electron chi connectivity index (χ4n) is 2.37. The Morgan fingerprint density at radius 2 is 2.05 bits per heavy atom. The van der Waals surface area contributed by atoms with Crippen molar-refractivity contribution in [2.45, 2.75) is 36.7 Å². The highest BCUT2D eigenvalue weighted by Crippen LogP contribution is 2.33. The normalized spacial score (nSPS) is 22.1. The van der Waals surface area contributed by atoms with Crippen molar-refractivity contribution in [3.8, 4) is 6.07 Å². The number of aliphatic hydroxyl groups excluding tert-OH is 1. The van der Waals surface area contributed by atoms with E-state index in [-0.39, 0.29) is 10.9 Å². The molecule has 1 fully saturated rings. The van der Waals surface area contributed by atoms with Gasteiger partial charge in [0, 0.05) is 26.7 Å². The lowest BCUT2D eigenvalue weighted by Gasteiger charge is -2.37. The van der Waals surface area contributed by atoms with Gasteiger partial charge in [-0.2, -0.15) is 5.26 Å². The molecule has 6 heteroatoms. The SMILES string of the molecule is COCC(C)OCC(O)CN1CCC(C#N)(SC)CC1. The predicted molar refractivity (Wildman–Crippen MR) is 80.8 cm³/mol. The summed E-state index contributed by atoms with van der Waals surface area (Å²) in [5, 5.41) is 19.2. The first-order valence-corrected chi connectivity index (χ1v) is 8.25. The molecule has 2 atom stereocenters. The minimum absolute atomic E-state index is 0.00117. The van der Waals surface area contributed by atoms with Gasteiger partial charge in [0.1, 0.15) is 4.75 Å². The van der Waals surface area contributed by atoms with Crippen LogP contribution in [0.1, 0.15) is 19.8 Å². The van der Waals surface area contributed by atoms with Crippen LogP contribution in [0.3, 0.4) is 0 Å². The van der Waals surface area contributed by atoms with Gasteiger partial charge in [-0.3, -0.25) is 0 Å². The highest BCUT2D eigenvalue weighted by molar-refractivity contribution is 8.00. The molecule has 0 aromatic rings. The number of hydrogen-bond acceptors (Lipinski definition) is 6. The maximum absolute atomic E-state index is 9.99. The van der Waals surface area contributed by atoms with Gasteiger partial charge < -0.3 is 19.5 Å². The van der Waals surface area contributed by atoms with E-state index in [1.54, 1.807) is 18.9 Å². The zero-order valence-electron chi connectivity index (χ0n) is 12.7. The lowest BCUT2D eigenvalue weighted by molar-refractivity contribution is -0.0410. The van der Waals surface area contributed by atoms with E-state index < -0.39 is 6.10 Å². The Kier molecular flexibility index (Phi) is 7.85. The minimum Gasteiger partial charge on any atom is -0.389 e. The molecule has 0 aromatic carbocycles. The third kappa shape index (κ3) is 5.58. The molecule has 1 saturated heterocycles. The maximum Gasteiger partial charge on any atom is 0.104 e. The molecule has 0 radical (unpaired) electrons. The highest BCUT2D eigenvalue weighted by atomic mass is 32.2. The summed E-state index contributed by atoms with van der Waals surface area (Å²) in [4.78, 5) is 2.21. The first kappa shape index (κ1) is 17.7. The lowest BCUT2D eigenvalue weighted by atomic mass is 9.97. The van der Waals surface area contributed by atoms with E-state index in [4.69, 9.17) is 9.47 Å². The number of nitrogens with zero attached hydrogens (tertiary/aromatic N) is 2. The highest BCUT2D eigenvalue weighted by Gasteiger charge is 2.34. The summed E-state index contributed by atoms with van der Waals surface area (Å²) in [6, 6.07) is 2.43. The third-order valence-electron chi connectivity index (χ3n) is 3.70. The van der Waals surface area contributed by atoms with Gasteiger partial charge in [-0.05, 0) is 26.0 Å². The molecule has 0 aromatic heterocycles. The van der Waals surface area contributed by atoms with Crippen LogP contribution in [0.15, 0.2) is 0 Å². The number of methoxy groups -OCH3 is 1. The van der Waals surface area contributed by atoms with E-state index in [1.807, 2.05) is 13.2 Å². The number of rotatable bonds is 8. The van der Waals surface area contributed by atoms with Crippen molar-refractivity contribution < 1.29 is 14.6 Å². The van der Waals surface area contributed by atoms with Gasteiger partial charge in [-0.25, -0.2) is 0 Å². The van der Waals surface area contributed by atoms with Gasteiger partial charge in [-0.1, -0.05) is 0 Å². The molecule has 0 amide bonds. The number of hydrogen-bond donors (Lipinski definition) is 1. The Morgan fingerprint density at radius 3 is 2.55 bits per heavy atom. The maximum atomic E-state index is 9.99. The van der Waals surface area contributed by atoms with E-state index in [1.165, 1.54) is 0 Å². The van der Waals surface area contributed by atoms with Crippen LogP contribution >= 0.6 is 11.8 Å². The van der Waals surface area contributed by atoms with Crippen molar-refractivity contribution in [2.24, 2.45) is 0 Å². The molecule has 1 rings (SSSR count). The summed E-state index contributed by atoms with van der Waals surface area (Å²) in [6.07, 6.45) is 3.23. The molecule has 0 aliphatic carbocycles. The monoisotopic (exact) mass is 302 g/mol. The molecule has 0 spiro atoms. The second kappa shape index (κ2) is 8.85. The summed E-state index contributed by atoms with van der Waals surface area (Å²) in [7, 11) is 1.64. The van der Waals surface area contributed by atoms with E-state index in [0.29, 0.717) is 19.8 Å². The van der Waals surface area contributed by atoms with Crippen LogP contribution in [-0.4, -0.2) is 73.2 Å². The van der Waals surface area contributed by atoms with Gasteiger partial charge in [0.25, 0.3) is 0 Å². The van der Waals surface area contributed by atoms with Gasteiger partial charge in [0.2, 0.25) is 0 Å². The lowest BCUT2D eigenvalue weighted by Crippen LogP contribution is -2.45. The standard InChI is InChI=1S/C14H26N2O3S/c1-12(9-18-2)19-10-13(17)8-16-6-4-14(11-15,20-3)5-7-16/h12-13,17H,4-10H2,1-3H3. The fourth-order valence-corrected chi connectivity index (χ4v) is 3.05. The number of ether oxygens (including phenoxy) is 2. The van der Waals surface area contributed by atoms with Crippen molar-refractivity contribution in [1.82, 2.24) is 4.90 Å². The van der Waals surface area contributed by atoms with Crippen LogP contribution in [0.2, 0.25) is 0 Å². The predicted octanol–water partition coefficient (Wildman–Crippen LogP) is 1.12. The van der Waals surface area contributed by atoms with Gasteiger partial charge in [0.15, 0.2) is 0 Å². The Labute approximate surface area is 126 Å². The average molecular weight is 302 g/mol. The quantitative estimate of drug-likeness (QED) is 0.725. The van der Waals surface area contributed by atoms with Crippen molar-refractivity contribution in [2.75, 3.05) is 46.2 Å². The van der Waals surface area contributed by atoms with E-state index in [0.717, 1.165) is 25.9 Å². The van der Waals surface area contributed by atoms with E-state index >= 15 is 0 Å². The number of β-amino-alcohol motifs (C(OH)–C–C–N with tert-alkyl or cyclic N) is 1. The Hall–Kier alpha value is -0.320. The molecule has 5 nitrogen and oxygen atoms in total. The summed E-state index contributed by atoms with van der Waals surface area (Å²) < 4.78 is 10.3. The van der Waals surface area contributed by atoms with Crippen LogP contribution in [0.5, 0.6) is 0 Å².